The van der Waals surface area contributed by atoms with Crippen LogP contribution in [0.25, 0.3) is 0 Å². The monoisotopic (exact) mass is 329 g/mol. The number of ether oxygens (including phenoxy) is 1. The normalized spacial score (nSPS) is 13.0. The van der Waals surface area contributed by atoms with Crippen LogP contribution in [0.4, 0.5) is 11.4 Å². The summed E-state index contributed by atoms with van der Waals surface area (Å²) in [5.41, 5.74) is 2.12. The molecule has 24 heavy (non-hydrogen) atoms. The summed E-state index contributed by atoms with van der Waals surface area (Å²) in [5.74, 6) is -0.743. The van der Waals surface area contributed by atoms with Crippen molar-refractivity contribution in [1.29, 1.82) is 0 Å². The second-order valence-electron chi connectivity index (χ2n) is 4.43. The Morgan fingerprint density at radius 1 is 1.42 bits per heavy atom. The zero-order valence-electron chi connectivity index (χ0n) is 12.5. The zero-order chi connectivity index (χ0) is 17.7. The minimum Gasteiger partial charge on any atom is -0.461 e. The maximum Gasteiger partial charge on any atom is 0.365 e. The van der Waals surface area contributed by atoms with E-state index in [-0.39, 0.29) is 34.9 Å². The third-order valence-corrected chi connectivity index (χ3v) is 3.00. The molecule has 0 saturated carbocycles. The molecule has 0 radical (unpaired) electrons. The molecular formula is C15H11N3O6. The number of carbonyl (C=O) groups excluding carboxylic acids is 3. The van der Waals surface area contributed by atoms with Crippen LogP contribution in [0.1, 0.15) is 17.3 Å². The van der Waals surface area contributed by atoms with Crippen LogP contribution in [0, 0.1) is 10.1 Å². The first-order valence-corrected chi connectivity index (χ1v) is 6.72. The van der Waals surface area contributed by atoms with Crippen LogP contribution in [0.2, 0.25) is 0 Å². The molecule has 9 heteroatoms. The van der Waals surface area contributed by atoms with E-state index in [1.54, 1.807) is 6.92 Å². The number of nitro benzene ring substituents is 1. The quantitative estimate of drug-likeness (QED) is 0.254. The minimum atomic E-state index is -0.743. The molecule has 0 aromatic heterocycles. The van der Waals surface area contributed by atoms with Crippen molar-refractivity contribution in [2.75, 3.05) is 11.5 Å². The van der Waals surface area contributed by atoms with Crippen LogP contribution in [-0.4, -0.2) is 36.4 Å². The van der Waals surface area contributed by atoms with Crippen molar-refractivity contribution in [3.05, 3.63) is 51.0 Å². The largest absolute Gasteiger partial charge is 0.461 e. The molecule has 0 aliphatic carbocycles. The Balaban J connectivity index is 2.51. The lowest BCUT2D eigenvalue weighted by atomic mass is 10.1. The van der Waals surface area contributed by atoms with Crippen molar-refractivity contribution in [3.8, 4) is 0 Å². The highest BCUT2D eigenvalue weighted by molar-refractivity contribution is 6.03. The third kappa shape index (κ3) is 3.26. The number of nitrogens with zero attached hydrogens (tertiary/aromatic N) is 3. The van der Waals surface area contributed by atoms with Gasteiger partial charge >= 0.3 is 5.97 Å². The minimum absolute atomic E-state index is 0.0172. The van der Waals surface area contributed by atoms with E-state index in [1.165, 1.54) is 17.0 Å². The summed E-state index contributed by atoms with van der Waals surface area (Å²) in [6.07, 6.45) is 1.98. The molecule has 0 bridgehead atoms. The molecule has 9 nitrogen and oxygen atoms in total. The van der Waals surface area contributed by atoms with Gasteiger partial charge in [0.2, 0.25) is 0 Å². The topological polar surface area (TPSA) is 119 Å². The van der Waals surface area contributed by atoms with Gasteiger partial charge in [-0.1, -0.05) is 5.73 Å². The van der Waals surface area contributed by atoms with Gasteiger partial charge in [0, 0.05) is 17.7 Å². The Kier molecular flexibility index (Phi) is 4.98. The molecule has 0 spiro atoms. The first-order chi connectivity index (χ1) is 11.5. The second-order valence-corrected chi connectivity index (χ2v) is 4.43. The predicted molar refractivity (Wildman–Crippen MR) is 82.7 cm³/mol. The molecule has 0 saturated heterocycles. The number of nitro groups is 1. The second kappa shape index (κ2) is 7.12. The summed E-state index contributed by atoms with van der Waals surface area (Å²) in [6, 6.07) is 3.56. The van der Waals surface area contributed by atoms with E-state index in [4.69, 9.17) is 4.74 Å². The molecule has 0 N–H and O–H groups in total. The highest BCUT2D eigenvalue weighted by atomic mass is 16.6. The number of aldehydes is 2. The first kappa shape index (κ1) is 16.8. The number of carbonyl (C=O) groups is 3. The summed E-state index contributed by atoms with van der Waals surface area (Å²) in [5, 5.41) is 10.8. The molecule has 1 aliphatic heterocycles. The number of aliphatic imine (C=N–C) groups is 1. The average molecular weight is 329 g/mol. The van der Waals surface area contributed by atoms with Crippen LogP contribution in [0.3, 0.4) is 0 Å². The number of hydrogen-bond donors (Lipinski definition) is 0. The summed E-state index contributed by atoms with van der Waals surface area (Å²) >= 11 is 0. The smallest absolute Gasteiger partial charge is 0.365 e. The van der Waals surface area contributed by atoms with Gasteiger partial charge in [0.25, 0.3) is 5.69 Å². The van der Waals surface area contributed by atoms with E-state index in [1.807, 2.05) is 0 Å². The molecule has 1 aliphatic rings. The Hall–Kier alpha value is -3.58. The van der Waals surface area contributed by atoms with Gasteiger partial charge in [-0.25, -0.2) is 9.79 Å². The van der Waals surface area contributed by atoms with Crippen LogP contribution < -0.4 is 4.90 Å². The van der Waals surface area contributed by atoms with Gasteiger partial charge in [0.15, 0.2) is 18.3 Å². The molecule has 2 rings (SSSR count). The maximum absolute atomic E-state index is 11.6. The molecule has 1 aromatic carbocycles. The van der Waals surface area contributed by atoms with Crippen LogP contribution in [-0.2, 0) is 14.3 Å². The van der Waals surface area contributed by atoms with Gasteiger partial charge in [0.05, 0.1) is 17.2 Å². The first-order valence-electron chi connectivity index (χ1n) is 6.72. The van der Waals surface area contributed by atoms with Gasteiger partial charge in [0.1, 0.15) is 12.0 Å². The molecule has 0 unspecified atom stereocenters. The fourth-order valence-electron chi connectivity index (χ4n) is 1.94. The van der Waals surface area contributed by atoms with E-state index in [2.05, 4.69) is 10.7 Å². The highest BCUT2D eigenvalue weighted by Gasteiger charge is 2.21. The SMILES string of the molecule is CCOC(=O)C1=C=C(C=O)N(c2ccc([N+](=O)[O-])cc2C=O)C=N1. The predicted octanol–water partition coefficient (Wildman–Crippen LogP) is 1.38. The van der Waals surface area contributed by atoms with E-state index in [0.717, 1.165) is 12.4 Å². The van der Waals surface area contributed by atoms with Crippen molar-refractivity contribution in [3.63, 3.8) is 0 Å². The fraction of sp³-hybridized carbons (Fsp3) is 0.133. The van der Waals surface area contributed by atoms with Crippen molar-refractivity contribution in [2.24, 2.45) is 4.99 Å². The van der Waals surface area contributed by atoms with Crippen molar-refractivity contribution >= 4 is 36.3 Å². The fourth-order valence-corrected chi connectivity index (χ4v) is 1.94. The van der Waals surface area contributed by atoms with E-state index in [9.17, 15) is 24.5 Å². The lowest BCUT2D eigenvalue weighted by molar-refractivity contribution is -0.384. The number of rotatable bonds is 6. The van der Waals surface area contributed by atoms with Crippen molar-refractivity contribution in [1.82, 2.24) is 0 Å². The summed E-state index contributed by atoms with van der Waals surface area (Å²) in [4.78, 5) is 49.3. The summed E-state index contributed by atoms with van der Waals surface area (Å²) < 4.78 is 4.77. The Morgan fingerprint density at radius 2 is 2.17 bits per heavy atom. The van der Waals surface area contributed by atoms with Crippen molar-refractivity contribution in [2.45, 2.75) is 6.92 Å². The Bertz CT molecular complexity index is 820. The van der Waals surface area contributed by atoms with Gasteiger partial charge in [-0.2, -0.15) is 0 Å². The number of hydrogen-bond acceptors (Lipinski definition) is 8. The highest BCUT2D eigenvalue weighted by Crippen LogP contribution is 2.27. The van der Waals surface area contributed by atoms with Crippen LogP contribution in [0.15, 0.2) is 40.3 Å². The zero-order valence-corrected chi connectivity index (χ0v) is 12.5. The van der Waals surface area contributed by atoms with Gasteiger partial charge in [-0.15, -0.1) is 0 Å². The standard InChI is InChI=1S/C15H11N3O6/c1-2-24-15(21)13-6-12(8-20)17(9-16-13)14-4-3-11(18(22)23)5-10(14)7-19/h3-5,7-9H,2H2,1H3. The Labute approximate surface area is 135 Å². The lowest BCUT2D eigenvalue weighted by Gasteiger charge is -2.21. The molecule has 1 aromatic rings. The summed E-state index contributed by atoms with van der Waals surface area (Å²) in [7, 11) is 0. The van der Waals surface area contributed by atoms with Gasteiger partial charge in [-0.3, -0.25) is 24.6 Å². The van der Waals surface area contributed by atoms with E-state index >= 15 is 0 Å². The molecule has 0 fully saturated rings. The summed E-state index contributed by atoms with van der Waals surface area (Å²) in [6.45, 7) is 1.76. The third-order valence-electron chi connectivity index (χ3n) is 3.00. The van der Waals surface area contributed by atoms with Gasteiger partial charge in [-0.05, 0) is 13.0 Å². The average Bonchev–Trinajstić information content (AvgIpc) is 2.60. The number of benzene rings is 1. The lowest BCUT2D eigenvalue weighted by Crippen LogP contribution is -2.25. The molecule has 122 valence electrons. The number of non-ortho nitro benzene ring substituents is 1. The molecular weight excluding hydrogens is 318 g/mol. The van der Waals surface area contributed by atoms with Crippen LogP contribution in [0.5, 0.6) is 0 Å². The number of anilines is 1. The number of esters is 1. The molecule has 1 heterocycles. The van der Waals surface area contributed by atoms with E-state index < -0.39 is 10.9 Å². The van der Waals surface area contributed by atoms with Gasteiger partial charge < -0.3 is 4.74 Å². The Morgan fingerprint density at radius 3 is 2.75 bits per heavy atom. The van der Waals surface area contributed by atoms with Crippen molar-refractivity contribution < 1.29 is 24.0 Å². The molecule has 0 atom stereocenters. The van der Waals surface area contributed by atoms with Crippen LogP contribution >= 0.6 is 0 Å². The van der Waals surface area contributed by atoms with E-state index in [0.29, 0.717) is 12.6 Å². The molecule has 0 amide bonds. The maximum atomic E-state index is 11.6.